The third kappa shape index (κ3) is 6.67. The predicted molar refractivity (Wildman–Crippen MR) is 110 cm³/mol. The van der Waals surface area contributed by atoms with Crippen LogP contribution in [0.25, 0.3) is 0 Å². The van der Waals surface area contributed by atoms with E-state index in [1.807, 2.05) is 0 Å². The molecule has 2 rings (SSSR count). The van der Waals surface area contributed by atoms with Crippen molar-refractivity contribution in [1.29, 1.82) is 0 Å². The number of guanidine groups is 1. The third-order valence-corrected chi connectivity index (χ3v) is 4.28. The van der Waals surface area contributed by atoms with Gasteiger partial charge in [0.2, 0.25) is 0 Å². The highest BCUT2D eigenvalue weighted by molar-refractivity contribution is 14.0. The summed E-state index contributed by atoms with van der Waals surface area (Å²) in [6.45, 7) is 6.99. The summed E-state index contributed by atoms with van der Waals surface area (Å²) in [7, 11) is 4.32. The number of likely N-dealkylation sites (N-methyl/N-ethyl adjacent to an activating group) is 1. The second-order valence-electron chi connectivity index (χ2n) is 6.28. The maximum atomic E-state index is 4.83. The van der Waals surface area contributed by atoms with E-state index in [1.54, 1.807) is 0 Å². The van der Waals surface area contributed by atoms with E-state index >= 15 is 0 Å². The van der Waals surface area contributed by atoms with Crippen LogP contribution in [0, 0.1) is 0 Å². The Hall–Kier alpha value is -0.820. The smallest absolute Gasteiger partial charge is 0.194 e. The maximum Gasteiger partial charge on any atom is 0.194 e. The molecule has 0 radical (unpaired) electrons. The van der Waals surface area contributed by atoms with Gasteiger partial charge in [0, 0.05) is 32.2 Å². The average molecular weight is 430 g/mol. The number of rotatable bonds is 7. The lowest BCUT2D eigenvalue weighted by Gasteiger charge is -2.25. The van der Waals surface area contributed by atoms with E-state index in [2.05, 4.69) is 73.4 Å². The van der Waals surface area contributed by atoms with Crippen molar-refractivity contribution in [2.45, 2.75) is 45.3 Å². The zero-order valence-corrected chi connectivity index (χ0v) is 17.2. The standard InChI is InChI=1S/C18H30N4.HI/c1-5-19-18(20-13-15(2)22(4)17-11-12-17)21(3)14-16-9-7-6-8-10-16;/h6-10,15,17H,5,11-14H2,1-4H3,(H,19,20);1H. The van der Waals surface area contributed by atoms with Gasteiger partial charge in [-0.2, -0.15) is 0 Å². The van der Waals surface area contributed by atoms with Crippen LogP contribution in [0.4, 0.5) is 0 Å². The minimum Gasteiger partial charge on any atom is -0.357 e. The molecule has 0 heterocycles. The number of nitrogens with zero attached hydrogens (tertiary/aromatic N) is 3. The van der Waals surface area contributed by atoms with Crippen molar-refractivity contribution in [3.8, 4) is 0 Å². The fourth-order valence-electron chi connectivity index (χ4n) is 2.59. The molecule has 0 bridgehead atoms. The first-order valence-electron chi connectivity index (χ1n) is 8.37. The molecule has 1 saturated carbocycles. The van der Waals surface area contributed by atoms with E-state index in [0.29, 0.717) is 6.04 Å². The van der Waals surface area contributed by atoms with Gasteiger partial charge in [-0.15, -0.1) is 24.0 Å². The SMILES string of the molecule is CCNC(=NCC(C)N(C)C1CC1)N(C)Cc1ccccc1.I. The van der Waals surface area contributed by atoms with Gasteiger partial charge in [-0.1, -0.05) is 30.3 Å². The molecule has 1 N–H and O–H groups in total. The summed E-state index contributed by atoms with van der Waals surface area (Å²) in [5.41, 5.74) is 1.30. The monoisotopic (exact) mass is 430 g/mol. The summed E-state index contributed by atoms with van der Waals surface area (Å²) in [6, 6.07) is 11.8. The summed E-state index contributed by atoms with van der Waals surface area (Å²) in [4.78, 5) is 9.49. The Kier molecular flexibility index (Phi) is 8.91. The Morgan fingerprint density at radius 3 is 2.48 bits per heavy atom. The number of hydrogen-bond acceptors (Lipinski definition) is 2. The number of nitrogens with one attached hydrogen (secondary N) is 1. The maximum absolute atomic E-state index is 4.83. The molecule has 0 amide bonds. The molecule has 1 aliphatic rings. The number of halogens is 1. The Bertz CT molecular complexity index is 473. The van der Waals surface area contributed by atoms with Crippen LogP contribution in [0.1, 0.15) is 32.3 Å². The van der Waals surface area contributed by atoms with Crippen molar-refractivity contribution in [2.24, 2.45) is 4.99 Å². The first-order valence-corrected chi connectivity index (χ1v) is 8.37. The second-order valence-corrected chi connectivity index (χ2v) is 6.28. The minimum absolute atomic E-state index is 0. The van der Waals surface area contributed by atoms with Gasteiger partial charge in [-0.3, -0.25) is 9.89 Å². The Morgan fingerprint density at radius 2 is 1.91 bits per heavy atom. The van der Waals surface area contributed by atoms with Crippen LogP contribution < -0.4 is 5.32 Å². The van der Waals surface area contributed by atoms with Crippen LogP contribution in [0.5, 0.6) is 0 Å². The van der Waals surface area contributed by atoms with E-state index < -0.39 is 0 Å². The van der Waals surface area contributed by atoms with E-state index in [0.717, 1.165) is 31.6 Å². The number of aliphatic imine (C=N–C) groups is 1. The fraction of sp³-hybridized carbons (Fsp3) is 0.611. The van der Waals surface area contributed by atoms with E-state index in [-0.39, 0.29) is 24.0 Å². The minimum atomic E-state index is 0. The molecule has 1 aromatic rings. The van der Waals surface area contributed by atoms with Gasteiger partial charge in [0.15, 0.2) is 5.96 Å². The Balaban J connectivity index is 0.00000264. The molecule has 23 heavy (non-hydrogen) atoms. The van der Waals surface area contributed by atoms with Crippen LogP contribution in [-0.2, 0) is 6.54 Å². The van der Waals surface area contributed by atoms with Crippen LogP contribution in [0.3, 0.4) is 0 Å². The Labute approximate surface area is 158 Å². The normalized spacial score (nSPS) is 16.0. The summed E-state index contributed by atoms with van der Waals surface area (Å²) >= 11 is 0. The third-order valence-electron chi connectivity index (χ3n) is 4.28. The molecular formula is C18H31IN4. The lowest BCUT2D eigenvalue weighted by molar-refractivity contribution is 0.252. The predicted octanol–water partition coefficient (Wildman–Crippen LogP) is 3.18. The van der Waals surface area contributed by atoms with Gasteiger partial charge >= 0.3 is 0 Å². The van der Waals surface area contributed by atoms with Crippen molar-refractivity contribution in [3.05, 3.63) is 35.9 Å². The molecular weight excluding hydrogens is 399 g/mol. The largest absolute Gasteiger partial charge is 0.357 e. The topological polar surface area (TPSA) is 30.9 Å². The van der Waals surface area contributed by atoms with Gasteiger partial charge in [-0.25, -0.2) is 0 Å². The van der Waals surface area contributed by atoms with Crippen molar-refractivity contribution >= 4 is 29.9 Å². The summed E-state index contributed by atoms with van der Waals surface area (Å²) in [5.74, 6) is 0.988. The first kappa shape index (κ1) is 20.2. The molecule has 1 aliphatic carbocycles. The van der Waals surface area contributed by atoms with E-state index in [9.17, 15) is 0 Å². The highest BCUT2D eigenvalue weighted by Gasteiger charge is 2.28. The van der Waals surface area contributed by atoms with Crippen molar-refractivity contribution in [1.82, 2.24) is 15.1 Å². The van der Waals surface area contributed by atoms with Crippen molar-refractivity contribution in [2.75, 3.05) is 27.2 Å². The van der Waals surface area contributed by atoms with Crippen molar-refractivity contribution < 1.29 is 0 Å². The van der Waals surface area contributed by atoms with Crippen LogP contribution in [-0.4, -0.2) is 55.0 Å². The van der Waals surface area contributed by atoms with Crippen LogP contribution >= 0.6 is 24.0 Å². The highest BCUT2D eigenvalue weighted by Crippen LogP contribution is 2.26. The zero-order chi connectivity index (χ0) is 15.9. The molecule has 1 aromatic carbocycles. The summed E-state index contributed by atoms with van der Waals surface area (Å²) in [5, 5.41) is 3.40. The van der Waals surface area contributed by atoms with Crippen LogP contribution in [0.15, 0.2) is 35.3 Å². The molecule has 0 spiro atoms. The van der Waals surface area contributed by atoms with Gasteiger partial charge in [-0.05, 0) is 39.3 Å². The Morgan fingerprint density at radius 1 is 1.26 bits per heavy atom. The molecule has 1 fully saturated rings. The molecule has 4 nitrogen and oxygen atoms in total. The van der Waals surface area contributed by atoms with Gasteiger partial charge in [0.25, 0.3) is 0 Å². The molecule has 1 unspecified atom stereocenters. The highest BCUT2D eigenvalue weighted by atomic mass is 127. The van der Waals surface area contributed by atoms with Gasteiger partial charge in [0.05, 0.1) is 6.54 Å². The molecule has 0 saturated heterocycles. The second kappa shape index (κ2) is 10.1. The molecule has 0 aromatic heterocycles. The molecule has 5 heteroatoms. The van der Waals surface area contributed by atoms with Gasteiger partial charge in [0.1, 0.15) is 0 Å². The quantitative estimate of drug-likeness (QED) is 0.410. The molecule has 0 aliphatic heterocycles. The fourth-order valence-corrected chi connectivity index (χ4v) is 2.59. The molecule has 1 atom stereocenters. The van der Waals surface area contributed by atoms with Crippen molar-refractivity contribution in [3.63, 3.8) is 0 Å². The lowest BCUT2D eigenvalue weighted by Crippen LogP contribution is -2.40. The number of hydrogen-bond donors (Lipinski definition) is 1. The molecule has 130 valence electrons. The van der Waals surface area contributed by atoms with Crippen LogP contribution in [0.2, 0.25) is 0 Å². The first-order chi connectivity index (χ1) is 10.6. The summed E-state index contributed by atoms with van der Waals surface area (Å²) < 4.78 is 0. The zero-order valence-electron chi connectivity index (χ0n) is 14.8. The lowest BCUT2D eigenvalue weighted by atomic mass is 10.2. The van der Waals surface area contributed by atoms with E-state index in [4.69, 9.17) is 4.99 Å². The summed E-state index contributed by atoms with van der Waals surface area (Å²) in [6.07, 6.45) is 2.69. The average Bonchev–Trinajstić information content (AvgIpc) is 3.36. The number of benzene rings is 1. The van der Waals surface area contributed by atoms with Gasteiger partial charge < -0.3 is 10.2 Å². The van der Waals surface area contributed by atoms with E-state index in [1.165, 1.54) is 18.4 Å².